The molecule has 0 aliphatic carbocycles. The Hall–Kier alpha value is -4.66. The summed E-state index contributed by atoms with van der Waals surface area (Å²) < 4.78 is 6.27. The van der Waals surface area contributed by atoms with Crippen LogP contribution in [0.4, 0.5) is 5.69 Å². The number of halogens is 2. The SMILES string of the molecule is Cc1c(Cl)ccc2c(C(=O)OCC(=O)c3ccc(Br)cc3)cc(-c3ccc(N4C(=O)c5ccccc5C4=O)cc3)nc12. The van der Waals surface area contributed by atoms with Gasteiger partial charge in [-0.3, -0.25) is 14.4 Å². The highest BCUT2D eigenvalue weighted by molar-refractivity contribution is 9.10. The van der Waals surface area contributed by atoms with E-state index in [1.54, 1.807) is 97.9 Å². The van der Waals surface area contributed by atoms with Crippen LogP contribution in [0.5, 0.6) is 0 Å². The standard InChI is InChI=1S/C33H20BrClN2O5/c1-18-27(35)15-14-23-26(33(41)42-17-29(38)20-6-10-21(34)11-7-20)16-28(36-30(18)23)19-8-12-22(13-9-19)37-31(39)24-4-2-3-5-25(24)32(37)40/h2-16H,17H2,1H3. The van der Waals surface area contributed by atoms with Gasteiger partial charge in [-0.1, -0.05) is 70.0 Å². The van der Waals surface area contributed by atoms with Crippen LogP contribution in [0.3, 0.4) is 0 Å². The number of nitrogens with zero attached hydrogens (tertiary/aromatic N) is 2. The molecule has 4 aromatic carbocycles. The summed E-state index contributed by atoms with van der Waals surface area (Å²) in [6.07, 6.45) is 0. The Labute approximate surface area is 253 Å². The number of hydrogen-bond donors (Lipinski definition) is 0. The van der Waals surface area contributed by atoms with Crippen LogP contribution in [0.2, 0.25) is 5.02 Å². The lowest BCUT2D eigenvalue weighted by atomic mass is 10.0. The molecule has 0 spiro atoms. The number of amides is 2. The molecule has 42 heavy (non-hydrogen) atoms. The summed E-state index contributed by atoms with van der Waals surface area (Å²) in [5, 5.41) is 1.02. The molecule has 0 saturated heterocycles. The van der Waals surface area contributed by atoms with Crippen LogP contribution in [-0.2, 0) is 4.74 Å². The number of hydrogen-bond acceptors (Lipinski definition) is 6. The van der Waals surface area contributed by atoms with E-state index in [2.05, 4.69) is 15.9 Å². The first-order valence-electron chi connectivity index (χ1n) is 12.9. The van der Waals surface area contributed by atoms with Gasteiger partial charge in [0.25, 0.3) is 11.8 Å². The van der Waals surface area contributed by atoms with Crippen molar-refractivity contribution in [1.29, 1.82) is 0 Å². The second kappa shape index (κ2) is 11.0. The number of imide groups is 1. The van der Waals surface area contributed by atoms with Crippen molar-refractivity contribution in [3.63, 3.8) is 0 Å². The Bertz CT molecular complexity index is 1900. The summed E-state index contributed by atoms with van der Waals surface area (Å²) in [4.78, 5) is 57.7. The van der Waals surface area contributed by atoms with Crippen LogP contribution in [-0.4, -0.2) is 35.2 Å². The molecule has 1 aromatic heterocycles. The van der Waals surface area contributed by atoms with Crippen molar-refractivity contribution >= 4 is 67.7 Å². The minimum Gasteiger partial charge on any atom is -0.454 e. The number of carbonyl (C=O) groups is 4. The first-order chi connectivity index (χ1) is 20.2. The number of fused-ring (bicyclic) bond motifs is 2. The van der Waals surface area contributed by atoms with Gasteiger partial charge in [0.05, 0.1) is 33.6 Å². The van der Waals surface area contributed by atoms with E-state index in [0.29, 0.717) is 55.1 Å². The average molecular weight is 640 g/mol. The third-order valence-corrected chi connectivity index (χ3v) is 8.04. The van der Waals surface area contributed by atoms with Gasteiger partial charge in [0.2, 0.25) is 0 Å². The summed E-state index contributed by atoms with van der Waals surface area (Å²) in [6.45, 7) is 1.38. The van der Waals surface area contributed by atoms with E-state index >= 15 is 0 Å². The fourth-order valence-electron chi connectivity index (χ4n) is 4.85. The van der Waals surface area contributed by atoms with E-state index in [-0.39, 0.29) is 23.2 Å². The molecular weight excluding hydrogens is 620 g/mol. The Morgan fingerprint density at radius 2 is 1.52 bits per heavy atom. The van der Waals surface area contributed by atoms with Gasteiger partial charge in [-0.15, -0.1) is 0 Å². The molecule has 9 heteroatoms. The highest BCUT2D eigenvalue weighted by Crippen LogP contribution is 2.33. The molecule has 1 aliphatic heterocycles. The van der Waals surface area contributed by atoms with Gasteiger partial charge in [-0.25, -0.2) is 14.7 Å². The van der Waals surface area contributed by atoms with Crippen LogP contribution in [0.25, 0.3) is 22.2 Å². The number of carbonyl (C=O) groups excluding carboxylic acids is 4. The van der Waals surface area contributed by atoms with Crippen molar-refractivity contribution in [2.45, 2.75) is 6.92 Å². The predicted octanol–water partition coefficient (Wildman–Crippen LogP) is 7.47. The third-order valence-electron chi connectivity index (χ3n) is 7.10. The third kappa shape index (κ3) is 4.89. The Kier molecular flexibility index (Phi) is 7.18. The predicted molar refractivity (Wildman–Crippen MR) is 163 cm³/mol. The van der Waals surface area contributed by atoms with Gasteiger partial charge in [-0.2, -0.15) is 0 Å². The van der Waals surface area contributed by atoms with Crippen molar-refractivity contribution in [1.82, 2.24) is 4.98 Å². The molecule has 0 radical (unpaired) electrons. The summed E-state index contributed by atoms with van der Waals surface area (Å²) in [5.41, 5.74) is 4.05. The van der Waals surface area contributed by atoms with Crippen LogP contribution in [0, 0.1) is 6.92 Å². The van der Waals surface area contributed by atoms with Crippen molar-refractivity contribution in [3.8, 4) is 11.3 Å². The van der Waals surface area contributed by atoms with Crippen molar-refractivity contribution in [2.24, 2.45) is 0 Å². The van der Waals surface area contributed by atoms with E-state index < -0.39 is 12.6 Å². The number of Topliss-reactive ketones (excluding diaryl/α,β-unsaturated/α-hetero) is 1. The lowest BCUT2D eigenvalue weighted by Crippen LogP contribution is -2.29. The molecule has 7 nitrogen and oxygen atoms in total. The largest absolute Gasteiger partial charge is 0.454 e. The maximum atomic E-state index is 13.3. The fraction of sp³-hybridized carbons (Fsp3) is 0.0606. The van der Waals surface area contributed by atoms with Gasteiger partial charge in [-0.05, 0) is 61.0 Å². The van der Waals surface area contributed by atoms with E-state index in [0.717, 1.165) is 9.37 Å². The highest BCUT2D eigenvalue weighted by Gasteiger charge is 2.36. The molecule has 5 aromatic rings. The normalized spacial score (nSPS) is 12.5. The average Bonchev–Trinajstić information content (AvgIpc) is 3.27. The smallest absolute Gasteiger partial charge is 0.339 e. The van der Waals surface area contributed by atoms with Crippen LogP contribution < -0.4 is 4.90 Å². The first-order valence-corrected chi connectivity index (χ1v) is 14.0. The quantitative estimate of drug-likeness (QED) is 0.109. The molecule has 1 aliphatic rings. The van der Waals surface area contributed by atoms with Gasteiger partial charge in [0.15, 0.2) is 12.4 Å². The number of aryl methyl sites for hydroxylation is 1. The molecule has 0 N–H and O–H groups in total. The zero-order valence-electron chi connectivity index (χ0n) is 22.1. The zero-order valence-corrected chi connectivity index (χ0v) is 24.4. The lowest BCUT2D eigenvalue weighted by Gasteiger charge is -2.15. The maximum absolute atomic E-state index is 13.3. The summed E-state index contributed by atoms with van der Waals surface area (Å²) >= 11 is 9.72. The van der Waals surface area contributed by atoms with Crippen molar-refractivity contribution in [3.05, 3.63) is 128 Å². The number of anilines is 1. The number of benzene rings is 4. The second-order valence-electron chi connectivity index (χ2n) is 9.67. The molecule has 0 bridgehead atoms. The maximum Gasteiger partial charge on any atom is 0.339 e. The fourth-order valence-corrected chi connectivity index (χ4v) is 5.27. The molecule has 0 unspecified atom stereocenters. The molecule has 0 fully saturated rings. The summed E-state index contributed by atoms with van der Waals surface area (Å²) in [7, 11) is 0. The summed E-state index contributed by atoms with van der Waals surface area (Å²) in [5.74, 6) is -1.80. The number of ketones is 1. The van der Waals surface area contributed by atoms with Gasteiger partial charge in [0, 0.05) is 26.0 Å². The number of pyridine rings is 1. The molecule has 2 heterocycles. The minimum absolute atomic E-state index is 0.225. The molecule has 206 valence electrons. The molecule has 0 atom stereocenters. The lowest BCUT2D eigenvalue weighted by molar-refractivity contribution is 0.0476. The topological polar surface area (TPSA) is 93.6 Å². The molecule has 6 rings (SSSR count). The van der Waals surface area contributed by atoms with E-state index in [1.165, 1.54) is 0 Å². The summed E-state index contributed by atoms with van der Waals surface area (Å²) in [6, 6.07) is 25.2. The second-order valence-corrected chi connectivity index (χ2v) is 11.0. The molecule has 2 amide bonds. The zero-order chi connectivity index (χ0) is 29.5. The minimum atomic E-state index is -0.682. The Morgan fingerprint density at radius 1 is 0.881 bits per heavy atom. The van der Waals surface area contributed by atoms with Crippen LogP contribution in [0.1, 0.15) is 47.0 Å². The Morgan fingerprint density at radius 3 is 2.17 bits per heavy atom. The van der Waals surface area contributed by atoms with Gasteiger partial charge in [0.1, 0.15) is 0 Å². The number of esters is 1. The molecular formula is C33H20BrClN2O5. The van der Waals surface area contributed by atoms with Gasteiger partial charge >= 0.3 is 5.97 Å². The van der Waals surface area contributed by atoms with E-state index in [4.69, 9.17) is 21.3 Å². The van der Waals surface area contributed by atoms with E-state index in [9.17, 15) is 19.2 Å². The monoisotopic (exact) mass is 638 g/mol. The van der Waals surface area contributed by atoms with Crippen molar-refractivity contribution < 1.29 is 23.9 Å². The number of ether oxygens (including phenoxy) is 1. The van der Waals surface area contributed by atoms with E-state index in [1.807, 2.05) is 0 Å². The molecule has 0 saturated carbocycles. The number of aromatic nitrogens is 1. The van der Waals surface area contributed by atoms with Gasteiger partial charge < -0.3 is 4.74 Å². The van der Waals surface area contributed by atoms with Crippen molar-refractivity contribution in [2.75, 3.05) is 11.5 Å². The Balaban J connectivity index is 1.32. The van der Waals surface area contributed by atoms with Crippen LogP contribution >= 0.6 is 27.5 Å². The first kappa shape index (κ1) is 27.5. The number of rotatable bonds is 6. The highest BCUT2D eigenvalue weighted by atomic mass is 79.9. The van der Waals surface area contributed by atoms with Crippen LogP contribution in [0.15, 0.2) is 95.5 Å².